The fourth-order valence-corrected chi connectivity index (χ4v) is 5.21. The van der Waals surface area contributed by atoms with E-state index < -0.39 is 10.0 Å². The zero-order chi connectivity index (χ0) is 14.1. The number of nitrogens with one attached hydrogen (secondary N) is 1. The lowest BCUT2D eigenvalue weighted by molar-refractivity contribution is 0.173. The van der Waals surface area contributed by atoms with Crippen LogP contribution in [0.2, 0.25) is 0 Å². The van der Waals surface area contributed by atoms with Gasteiger partial charge in [0.1, 0.15) is 0 Å². The van der Waals surface area contributed by atoms with E-state index in [1.807, 2.05) is 0 Å². The molecule has 0 atom stereocenters. The molecule has 2 rings (SSSR count). The van der Waals surface area contributed by atoms with Crippen LogP contribution in [0.15, 0.2) is 0 Å². The maximum absolute atomic E-state index is 12.6. The molecule has 0 radical (unpaired) electrons. The van der Waals surface area contributed by atoms with Gasteiger partial charge in [0, 0.05) is 13.1 Å². The van der Waals surface area contributed by atoms with Crippen LogP contribution >= 0.6 is 0 Å². The molecule has 0 amide bonds. The molecule has 1 heterocycles. The number of hydrogen-bond acceptors (Lipinski definition) is 3. The maximum atomic E-state index is 12.6. The van der Waals surface area contributed by atoms with E-state index >= 15 is 0 Å². The van der Waals surface area contributed by atoms with Crippen molar-refractivity contribution in [2.45, 2.75) is 63.7 Å². The highest BCUT2D eigenvalue weighted by atomic mass is 32.2. The number of rotatable bonds is 3. The number of sulfonamides is 1. The van der Waals surface area contributed by atoms with Crippen molar-refractivity contribution in [3.63, 3.8) is 0 Å². The van der Waals surface area contributed by atoms with Crippen molar-refractivity contribution in [2.75, 3.05) is 20.1 Å². The average molecular weight is 288 g/mol. The van der Waals surface area contributed by atoms with Gasteiger partial charge in [-0.3, -0.25) is 0 Å². The number of nitrogens with zero attached hydrogens (tertiary/aromatic N) is 1. The second kappa shape index (κ2) is 5.70. The molecule has 0 bridgehead atoms. The predicted molar refractivity (Wildman–Crippen MR) is 78.6 cm³/mol. The summed E-state index contributed by atoms with van der Waals surface area (Å²) in [5, 5.41) is 3.06. The normalized spacial score (nSPS) is 26.7. The summed E-state index contributed by atoms with van der Waals surface area (Å²) in [7, 11) is -1.31. The quantitative estimate of drug-likeness (QED) is 0.864. The molecule has 5 heteroatoms. The monoisotopic (exact) mass is 288 g/mol. The van der Waals surface area contributed by atoms with Gasteiger partial charge in [-0.15, -0.1) is 0 Å². The highest BCUT2D eigenvalue weighted by Crippen LogP contribution is 2.37. The van der Waals surface area contributed by atoms with E-state index in [4.69, 9.17) is 0 Å². The van der Waals surface area contributed by atoms with Crippen LogP contribution in [0, 0.1) is 5.41 Å². The van der Waals surface area contributed by atoms with Crippen LogP contribution in [0.4, 0.5) is 0 Å². The van der Waals surface area contributed by atoms with E-state index in [-0.39, 0.29) is 11.3 Å². The first-order valence-electron chi connectivity index (χ1n) is 7.50. The summed E-state index contributed by atoms with van der Waals surface area (Å²) >= 11 is 0. The molecule has 2 fully saturated rings. The lowest BCUT2D eigenvalue weighted by atomic mass is 9.76. The van der Waals surface area contributed by atoms with Crippen molar-refractivity contribution in [3.05, 3.63) is 0 Å². The summed E-state index contributed by atoms with van der Waals surface area (Å²) in [6.45, 7) is 6.22. The van der Waals surface area contributed by atoms with Gasteiger partial charge in [0.25, 0.3) is 0 Å². The molecule has 0 unspecified atom stereocenters. The molecule has 1 saturated heterocycles. The smallest absolute Gasteiger partial charge is 0.217 e. The zero-order valence-electron chi connectivity index (χ0n) is 12.5. The van der Waals surface area contributed by atoms with E-state index in [1.165, 1.54) is 0 Å². The van der Waals surface area contributed by atoms with E-state index in [0.717, 1.165) is 51.6 Å². The summed E-state index contributed by atoms with van der Waals surface area (Å²) in [6.07, 6.45) is 5.78. The van der Waals surface area contributed by atoms with Crippen molar-refractivity contribution in [2.24, 2.45) is 5.41 Å². The fourth-order valence-electron chi connectivity index (χ4n) is 3.28. The largest absolute Gasteiger partial charge is 0.317 e. The van der Waals surface area contributed by atoms with Gasteiger partial charge in [-0.1, -0.05) is 13.8 Å². The van der Waals surface area contributed by atoms with Crippen LogP contribution in [0.3, 0.4) is 0 Å². The van der Waals surface area contributed by atoms with Crippen molar-refractivity contribution in [1.82, 2.24) is 9.62 Å². The minimum atomic E-state index is -3.11. The van der Waals surface area contributed by atoms with Crippen molar-refractivity contribution in [3.8, 4) is 0 Å². The van der Waals surface area contributed by atoms with Crippen LogP contribution in [0.1, 0.15) is 52.4 Å². The Morgan fingerprint density at radius 1 is 1.05 bits per heavy atom. The van der Waals surface area contributed by atoms with Gasteiger partial charge in [-0.05, 0) is 57.0 Å². The number of piperidine rings is 1. The third-order valence-corrected chi connectivity index (χ3v) is 7.35. The average Bonchev–Trinajstić information content (AvgIpc) is 2.39. The Bertz CT molecular complexity index is 390. The molecule has 1 N–H and O–H groups in total. The maximum Gasteiger partial charge on any atom is 0.217 e. The highest BCUT2D eigenvalue weighted by Gasteiger charge is 2.37. The Kier molecular flexibility index (Phi) is 4.58. The lowest BCUT2D eigenvalue weighted by Crippen LogP contribution is -2.47. The SMILES string of the molecule is CN(C1CCC(C)(C)CC1)S(=O)(=O)C1CCNCC1. The fraction of sp³-hybridized carbons (Fsp3) is 1.00. The summed E-state index contributed by atoms with van der Waals surface area (Å²) in [6, 6.07) is 0.216. The molecule has 1 saturated carbocycles. The Balaban J connectivity index is 2.00. The Hall–Kier alpha value is -0.130. The van der Waals surface area contributed by atoms with Crippen molar-refractivity contribution < 1.29 is 8.42 Å². The van der Waals surface area contributed by atoms with Gasteiger partial charge in [-0.2, -0.15) is 0 Å². The first-order valence-corrected chi connectivity index (χ1v) is 9.01. The third kappa shape index (κ3) is 3.50. The Morgan fingerprint density at radius 3 is 2.11 bits per heavy atom. The molecule has 1 aliphatic heterocycles. The van der Waals surface area contributed by atoms with Crippen LogP contribution in [-0.4, -0.2) is 44.2 Å². The molecular formula is C14H28N2O2S. The van der Waals surface area contributed by atoms with Gasteiger partial charge >= 0.3 is 0 Å². The zero-order valence-corrected chi connectivity index (χ0v) is 13.3. The third-order valence-electron chi connectivity index (χ3n) is 4.93. The first kappa shape index (κ1) is 15.3. The number of hydrogen-bond donors (Lipinski definition) is 1. The first-order chi connectivity index (χ1) is 8.83. The second-order valence-electron chi connectivity index (χ2n) is 6.91. The van der Waals surface area contributed by atoms with Crippen molar-refractivity contribution >= 4 is 10.0 Å². The minimum absolute atomic E-state index is 0.173. The Morgan fingerprint density at radius 2 is 1.58 bits per heavy atom. The van der Waals surface area contributed by atoms with Gasteiger partial charge in [-0.25, -0.2) is 12.7 Å². The van der Waals surface area contributed by atoms with Crippen LogP contribution < -0.4 is 5.32 Å². The second-order valence-corrected chi connectivity index (χ2v) is 9.18. The van der Waals surface area contributed by atoms with Crippen LogP contribution in [0.5, 0.6) is 0 Å². The van der Waals surface area contributed by atoms with Gasteiger partial charge in [0.15, 0.2) is 0 Å². The summed E-state index contributed by atoms with van der Waals surface area (Å²) < 4.78 is 27.0. The van der Waals surface area contributed by atoms with E-state index in [9.17, 15) is 8.42 Å². The van der Waals surface area contributed by atoms with Gasteiger partial charge in [0.05, 0.1) is 5.25 Å². The molecule has 0 spiro atoms. The lowest BCUT2D eigenvalue weighted by Gasteiger charge is -2.39. The Labute approximate surface area is 118 Å². The van der Waals surface area contributed by atoms with Crippen LogP contribution in [-0.2, 0) is 10.0 Å². The molecule has 1 aliphatic carbocycles. The predicted octanol–water partition coefficient (Wildman–Crippen LogP) is 1.97. The van der Waals surface area contributed by atoms with E-state index in [0.29, 0.717) is 5.41 Å². The van der Waals surface area contributed by atoms with E-state index in [2.05, 4.69) is 19.2 Å². The van der Waals surface area contributed by atoms with Crippen molar-refractivity contribution in [1.29, 1.82) is 0 Å². The molecule has 0 aromatic heterocycles. The summed E-state index contributed by atoms with van der Waals surface area (Å²) in [4.78, 5) is 0. The topological polar surface area (TPSA) is 49.4 Å². The van der Waals surface area contributed by atoms with Gasteiger partial charge in [0.2, 0.25) is 10.0 Å². The molecule has 0 aromatic carbocycles. The molecule has 19 heavy (non-hydrogen) atoms. The van der Waals surface area contributed by atoms with Crippen LogP contribution in [0.25, 0.3) is 0 Å². The minimum Gasteiger partial charge on any atom is -0.317 e. The molecular weight excluding hydrogens is 260 g/mol. The van der Waals surface area contributed by atoms with E-state index in [1.54, 1.807) is 11.4 Å². The standard InChI is InChI=1S/C14H28N2O2S/c1-14(2)8-4-12(5-9-14)16(3)19(17,18)13-6-10-15-11-7-13/h12-13,15H,4-11H2,1-3H3. The molecule has 2 aliphatic rings. The summed E-state index contributed by atoms with van der Waals surface area (Å²) in [5.41, 5.74) is 0.385. The highest BCUT2D eigenvalue weighted by molar-refractivity contribution is 7.89. The van der Waals surface area contributed by atoms with Gasteiger partial charge < -0.3 is 5.32 Å². The molecule has 0 aromatic rings. The summed E-state index contributed by atoms with van der Waals surface area (Å²) in [5.74, 6) is 0. The molecule has 112 valence electrons. The molecule has 4 nitrogen and oxygen atoms in total.